The van der Waals surface area contributed by atoms with E-state index in [1.165, 1.54) is 17.6 Å². The third-order valence-corrected chi connectivity index (χ3v) is 4.42. The third kappa shape index (κ3) is 3.27. The molecule has 0 atom stereocenters. The van der Waals surface area contributed by atoms with Crippen molar-refractivity contribution in [3.63, 3.8) is 0 Å². The van der Waals surface area contributed by atoms with Gasteiger partial charge in [-0.15, -0.1) is 11.3 Å². The molecule has 0 aromatic carbocycles. The van der Waals surface area contributed by atoms with Crippen LogP contribution in [0.5, 0.6) is 0 Å². The van der Waals surface area contributed by atoms with Gasteiger partial charge >= 0.3 is 0 Å². The summed E-state index contributed by atoms with van der Waals surface area (Å²) < 4.78 is 10.5. The van der Waals surface area contributed by atoms with Gasteiger partial charge in [0.1, 0.15) is 11.5 Å². The number of thiophene rings is 1. The fourth-order valence-corrected chi connectivity index (χ4v) is 3.14. The van der Waals surface area contributed by atoms with E-state index in [4.69, 9.17) is 8.83 Å². The molecule has 3 aromatic heterocycles. The molecule has 23 heavy (non-hydrogen) atoms. The van der Waals surface area contributed by atoms with Gasteiger partial charge in [-0.1, -0.05) is 0 Å². The number of furan rings is 2. The number of nitrogens with one attached hydrogen (secondary N) is 1. The van der Waals surface area contributed by atoms with Gasteiger partial charge in [0.05, 0.1) is 23.2 Å². The van der Waals surface area contributed by atoms with Gasteiger partial charge in [-0.2, -0.15) is 0 Å². The fraction of sp³-hybridized carbons (Fsp3) is 0.176. The van der Waals surface area contributed by atoms with E-state index in [0.717, 1.165) is 4.88 Å². The first-order chi connectivity index (χ1) is 11.0. The Hall–Kier alpha value is -2.60. The van der Waals surface area contributed by atoms with Crippen LogP contribution in [0, 0.1) is 13.8 Å². The lowest BCUT2D eigenvalue weighted by molar-refractivity contribution is 0.0949. The predicted octanol–water partition coefficient (Wildman–Crippen LogP) is 3.71. The highest BCUT2D eigenvalue weighted by atomic mass is 32.1. The van der Waals surface area contributed by atoms with Crippen LogP contribution in [0.4, 0.5) is 0 Å². The molecule has 0 aliphatic carbocycles. The summed E-state index contributed by atoms with van der Waals surface area (Å²) in [5.74, 6) is 1.27. The Morgan fingerprint density at radius 1 is 1.22 bits per heavy atom. The first-order valence-electron chi connectivity index (χ1n) is 7.07. The van der Waals surface area contributed by atoms with Crippen LogP contribution in [0.25, 0.3) is 0 Å². The Labute approximate surface area is 136 Å². The van der Waals surface area contributed by atoms with E-state index in [9.17, 15) is 9.59 Å². The summed E-state index contributed by atoms with van der Waals surface area (Å²) in [5, 5.41) is 2.83. The van der Waals surface area contributed by atoms with Crippen LogP contribution >= 0.6 is 11.3 Å². The van der Waals surface area contributed by atoms with Gasteiger partial charge in [0, 0.05) is 4.88 Å². The molecule has 118 valence electrons. The molecule has 0 saturated carbocycles. The molecule has 3 aromatic rings. The Balaban J connectivity index is 1.64. The van der Waals surface area contributed by atoms with Crippen molar-refractivity contribution in [1.82, 2.24) is 5.32 Å². The molecule has 0 spiro atoms. The van der Waals surface area contributed by atoms with Gasteiger partial charge in [-0.05, 0) is 44.2 Å². The van der Waals surface area contributed by atoms with Crippen molar-refractivity contribution in [3.05, 3.63) is 69.2 Å². The molecular weight excluding hydrogens is 314 g/mol. The van der Waals surface area contributed by atoms with E-state index >= 15 is 0 Å². The molecule has 1 amide bonds. The summed E-state index contributed by atoms with van der Waals surface area (Å²) in [5.41, 5.74) is 0.533. The highest BCUT2D eigenvalue weighted by Crippen LogP contribution is 2.21. The molecular formula is C17H15NO4S. The van der Waals surface area contributed by atoms with Crippen LogP contribution < -0.4 is 5.32 Å². The Bertz CT molecular complexity index is 842. The average Bonchev–Trinajstić information content (AvgIpc) is 3.25. The molecule has 0 aliphatic heterocycles. The standard InChI is InChI=1S/C17H15NO4S/c1-10-8-13(11(2)22-10)17(20)18-9-12-5-6-15(23-12)16(19)14-4-3-7-21-14/h3-8H,9H2,1-2H3,(H,18,20). The summed E-state index contributed by atoms with van der Waals surface area (Å²) in [6.45, 7) is 3.92. The number of rotatable bonds is 5. The number of amides is 1. The molecule has 0 saturated heterocycles. The number of carbonyl (C=O) groups excluding carboxylic acids is 2. The monoisotopic (exact) mass is 329 g/mol. The highest BCUT2D eigenvalue weighted by Gasteiger charge is 2.16. The van der Waals surface area contributed by atoms with E-state index in [1.54, 1.807) is 38.1 Å². The van der Waals surface area contributed by atoms with E-state index in [1.807, 2.05) is 6.07 Å². The lowest BCUT2D eigenvalue weighted by atomic mass is 10.2. The molecule has 0 bridgehead atoms. The molecule has 0 aliphatic rings. The summed E-state index contributed by atoms with van der Waals surface area (Å²) in [7, 11) is 0. The van der Waals surface area contributed by atoms with E-state index in [0.29, 0.717) is 34.3 Å². The lowest BCUT2D eigenvalue weighted by Crippen LogP contribution is -2.22. The van der Waals surface area contributed by atoms with Gasteiger partial charge in [-0.3, -0.25) is 9.59 Å². The first kappa shape index (κ1) is 15.3. The maximum absolute atomic E-state index is 12.1. The van der Waals surface area contributed by atoms with Gasteiger partial charge in [0.15, 0.2) is 5.76 Å². The zero-order valence-electron chi connectivity index (χ0n) is 12.7. The number of aryl methyl sites for hydroxylation is 2. The Morgan fingerprint density at radius 3 is 2.70 bits per heavy atom. The molecule has 0 unspecified atom stereocenters. The molecule has 1 N–H and O–H groups in total. The van der Waals surface area contributed by atoms with Crippen LogP contribution in [0.2, 0.25) is 0 Å². The minimum absolute atomic E-state index is 0.154. The largest absolute Gasteiger partial charge is 0.466 e. The number of carbonyl (C=O) groups is 2. The van der Waals surface area contributed by atoms with E-state index < -0.39 is 0 Å². The maximum Gasteiger partial charge on any atom is 0.255 e. The smallest absolute Gasteiger partial charge is 0.255 e. The van der Waals surface area contributed by atoms with Crippen LogP contribution in [-0.4, -0.2) is 11.7 Å². The Kier molecular flexibility index (Phi) is 4.16. The van der Waals surface area contributed by atoms with Gasteiger partial charge in [-0.25, -0.2) is 0 Å². The van der Waals surface area contributed by atoms with Gasteiger partial charge in [0.2, 0.25) is 5.78 Å². The summed E-state index contributed by atoms with van der Waals surface area (Å²) in [6, 6.07) is 8.59. The van der Waals surface area contributed by atoms with Crippen molar-refractivity contribution >= 4 is 23.0 Å². The molecule has 0 radical (unpaired) electrons. The number of ketones is 1. The van der Waals surface area contributed by atoms with Crippen molar-refractivity contribution in [2.45, 2.75) is 20.4 Å². The van der Waals surface area contributed by atoms with Crippen molar-refractivity contribution in [1.29, 1.82) is 0 Å². The highest BCUT2D eigenvalue weighted by molar-refractivity contribution is 7.14. The van der Waals surface area contributed by atoms with Crippen LogP contribution in [-0.2, 0) is 6.54 Å². The van der Waals surface area contributed by atoms with E-state index in [-0.39, 0.29) is 11.7 Å². The summed E-state index contributed by atoms with van der Waals surface area (Å²) >= 11 is 1.34. The van der Waals surface area contributed by atoms with Crippen molar-refractivity contribution < 1.29 is 18.4 Å². The maximum atomic E-state index is 12.1. The average molecular weight is 329 g/mol. The molecule has 6 heteroatoms. The summed E-state index contributed by atoms with van der Waals surface area (Å²) in [6.07, 6.45) is 1.47. The second-order valence-electron chi connectivity index (χ2n) is 5.08. The van der Waals surface area contributed by atoms with Crippen LogP contribution in [0.3, 0.4) is 0 Å². The second kappa shape index (κ2) is 6.26. The zero-order valence-corrected chi connectivity index (χ0v) is 13.5. The molecule has 3 heterocycles. The van der Waals surface area contributed by atoms with Gasteiger partial charge < -0.3 is 14.2 Å². The first-order valence-corrected chi connectivity index (χ1v) is 7.88. The van der Waals surface area contributed by atoms with Crippen molar-refractivity contribution in [3.8, 4) is 0 Å². The zero-order chi connectivity index (χ0) is 16.4. The SMILES string of the molecule is Cc1cc(C(=O)NCc2ccc(C(=O)c3ccco3)s2)c(C)o1. The van der Waals surface area contributed by atoms with Crippen molar-refractivity contribution in [2.24, 2.45) is 0 Å². The van der Waals surface area contributed by atoms with Crippen molar-refractivity contribution in [2.75, 3.05) is 0 Å². The van der Waals surface area contributed by atoms with Crippen LogP contribution in [0.15, 0.2) is 45.4 Å². The minimum Gasteiger partial charge on any atom is -0.466 e. The minimum atomic E-state index is -0.188. The Morgan fingerprint density at radius 2 is 2.04 bits per heavy atom. The summed E-state index contributed by atoms with van der Waals surface area (Å²) in [4.78, 5) is 25.8. The quantitative estimate of drug-likeness (QED) is 0.724. The number of hydrogen-bond donors (Lipinski definition) is 1. The third-order valence-electron chi connectivity index (χ3n) is 3.34. The van der Waals surface area contributed by atoms with E-state index in [2.05, 4.69) is 5.32 Å². The van der Waals surface area contributed by atoms with Crippen LogP contribution in [0.1, 0.15) is 42.2 Å². The molecule has 5 nitrogen and oxygen atoms in total. The predicted molar refractivity (Wildman–Crippen MR) is 85.8 cm³/mol. The van der Waals surface area contributed by atoms with Gasteiger partial charge in [0.25, 0.3) is 5.91 Å². The molecule has 3 rings (SSSR count). The second-order valence-corrected chi connectivity index (χ2v) is 6.25. The molecule has 0 fully saturated rings. The lowest BCUT2D eigenvalue weighted by Gasteiger charge is -2.02. The topological polar surface area (TPSA) is 72.5 Å². The normalized spacial score (nSPS) is 10.7. The number of hydrogen-bond acceptors (Lipinski definition) is 5. The fourth-order valence-electron chi connectivity index (χ4n) is 2.24.